The van der Waals surface area contributed by atoms with Gasteiger partial charge >= 0.3 is 0 Å². The van der Waals surface area contributed by atoms with Crippen molar-refractivity contribution in [3.63, 3.8) is 0 Å². The standard InChI is InChI=1S/C12H6S9/c1-2-14-9(13-1)11-17-5-7(20-11)19-8-6-18-12(21-8)10-15-3-4-16-10/h1-6H. The Morgan fingerprint density at radius 3 is 1.38 bits per heavy atom. The Morgan fingerprint density at radius 1 is 0.524 bits per heavy atom. The molecule has 4 rings (SSSR count). The second-order valence-corrected chi connectivity index (χ2v) is 13.7. The zero-order valence-corrected chi connectivity index (χ0v) is 17.5. The predicted molar refractivity (Wildman–Crippen MR) is 117 cm³/mol. The number of thioether (sulfide) groups is 9. The smallest absolute Gasteiger partial charge is 0.0705 e. The Morgan fingerprint density at radius 2 is 0.952 bits per heavy atom. The van der Waals surface area contributed by atoms with Gasteiger partial charge in [0.05, 0.1) is 25.4 Å². The van der Waals surface area contributed by atoms with Crippen LogP contribution in [0.2, 0.25) is 0 Å². The summed E-state index contributed by atoms with van der Waals surface area (Å²) in [5, 5.41) is 13.2. The second kappa shape index (κ2) is 7.65. The quantitative estimate of drug-likeness (QED) is 0.412. The van der Waals surface area contributed by atoms with Crippen LogP contribution in [0.4, 0.5) is 0 Å². The molecule has 0 saturated heterocycles. The molecule has 21 heavy (non-hydrogen) atoms. The lowest BCUT2D eigenvalue weighted by atomic mass is 11.2. The first-order chi connectivity index (χ1) is 10.4. The molecule has 0 bridgehead atoms. The van der Waals surface area contributed by atoms with E-state index in [4.69, 9.17) is 0 Å². The van der Waals surface area contributed by atoms with Gasteiger partial charge in [-0.2, -0.15) is 0 Å². The Bertz CT molecular complexity index is 574. The van der Waals surface area contributed by atoms with Crippen LogP contribution in [0.15, 0.2) is 57.9 Å². The Kier molecular flexibility index (Phi) is 5.86. The summed E-state index contributed by atoms with van der Waals surface area (Å²) in [6, 6.07) is 0. The van der Waals surface area contributed by atoms with Crippen molar-refractivity contribution in [3.8, 4) is 0 Å². The fraction of sp³-hybridized carbons (Fsp3) is 0. The molecule has 4 heterocycles. The van der Waals surface area contributed by atoms with Gasteiger partial charge in [-0.1, -0.05) is 106 Å². The lowest BCUT2D eigenvalue weighted by Gasteiger charge is -2.03. The molecule has 0 aliphatic carbocycles. The van der Waals surface area contributed by atoms with Gasteiger partial charge in [0, 0.05) is 0 Å². The van der Waals surface area contributed by atoms with Crippen molar-refractivity contribution >= 4 is 106 Å². The van der Waals surface area contributed by atoms with Crippen molar-refractivity contribution in [1.82, 2.24) is 0 Å². The van der Waals surface area contributed by atoms with E-state index in [1.54, 1.807) is 0 Å². The van der Waals surface area contributed by atoms with Crippen LogP contribution in [0.5, 0.6) is 0 Å². The summed E-state index contributed by atoms with van der Waals surface area (Å²) < 4.78 is 8.49. The summed E-state index contributed by atoms with van der Waals surface area (Å²) in [7, 11) is 0. The number of rotatable bonds is 2. The van der Waals surface area contributed by atoms with Crippen molar-refractivity contribution < 1.29 is 0 Å². The van der Waals surface area contributed by atoms with Crippen LogP contribution in [0, 0.1) is 0 Å². The Hall–Kier alpha value is 1.59. The first-order valence-corrected chi connectivity index (χ1v) is 13.3. The molecule has 0 unspecified atom stereocenters. The largest absolute Gasteiger partial charge is 0.0884 e. The predicted octanol–water partition coefficient (Wildman–Crippen LogP) is 8.43. The Balaban J connectivity index is 1.36. The molecule has 0 aromatic carbocycles. The molecule has 0 spiro atoms. The highest BCUT2D eigenvalue weighted by molar-refractivity contribution is 8.43. The normalized spacial score (nSPS) is 24.6. The molecule has 0 aromatic heterocycles. The first kappa shape index (κ1) is 16.1. The molecule has 0 nitrogen and oxygen atoms in total. The molecule has 0 atom stereocenters. The number of hydrogen-bond acceptors (Lipinski definition) is 9. The molecule has 0 N–H and O–H groups in total. The maximum Gasteiger partial charge on any atom is 0.0705 e. The van der Waals surface area contributed by atoms with E-state index in [9.17, 15) is 0 Å². The molecule has 4 aliphatic rings. The minimum absolute atomic E-state index is 1.39. The molecule has 0 fully saturated rings. The second-order valence-electron chi connectivity index (χ2n) is 3.58. The van der Waals surface area contributed by atoms with Gasteiger partial charge in [-0.15, -0.1) is 0 Å². The van der Waals surface area contributed by atoms with Gasteiger partial charge in [0.15, 0.2) is 0 Å². The molecule has 4 aliphatic heterocycles. The molecule has 0 amide bonds. The SMILES string of the molecule is C1=CSC(=C2SC=C(SC3=CSC(=C4SC=CS4)S3)S2)S1. The summed E-state index contributed by atoms with van der Waals surface area (Å²) in [4.78, 5) is 0. The van der Waals surface area contributed by atoms with Gasteiger partial charge in [-0.05, 0) is 32.4 Å². The van der Waals surface area contributed by atoms with Crippen LogP contribution < -0.4 is 0 Å². The van der Waals surface area contributed by atoms with E-state index in [2.05, 4.69) is 32.4 Å². The van der Waals surface area contributed by atoms with Gasteiger partial charge in [0.2, 0.25) is 0 Å². The number of hydrogen-bond donors (Lipinski definition) is 0. The van der Waals surface area contributed by atoms with Crippen LogP contribution in [0.3, 0.4) is 0 Å². The summed E-state index contributed by atoms with van der Waals surface area (Å²) in [6.07, 6.45) is 0. The van der Waals surface area contributed by atoms with E-state index < -0.39 is 0 Å². The monoisotopic (exact) mass is 438 g/mol. The molecule has 0 aromatic rings. The average Bonchev–Trinajstić information content (AvgIpc) is 3.28. The van der Waals surface area contributed by atoms with Gasteiger partial charge in [-0.25, -0.2) is 0 Å². The molecule has 0 saturated carbocycles. The lowest BCUT2D eigenvalue weighted by molar-refractivity contribution is 2.36. The van der Waals surface area contributed by atoms with E-state index in [-0.39, 0.29) is 0 Å². The van der Waals surface area contributed by atoms with E-state index in [0.717, 1.165) is 0 Å². The first-order valence-electron chi connectivity index (χ1n) is 5.61. The molecule has 0 radical (unpaired) electrons. The van der Waals surface area contributed by atoms with Crippen molar-refractivity contribution in [2.75, 3.05) is 0 Å². The van der Waals surface area contributed by atoms with E-state index in [1.165, 1.54) is 25.4 Å². The van der Waals surface area contributed by atoms with Gasteiger partial charge < -0.3 is 0 Å². The highest BCUT2D eigenvalue weighted by Gasteiger charge is 2.23. The van der Waals surface area contributed by atoms with Crippen LogP contribution in [0.25, 0.3) is 0 Å². The fourth-order valence-corrected chi connectivity index (χ4v) is 12.3. The average molecular weight is 439 g/mol. The minimum atomic E-state index is 1.39. The lowest BCUT2D eigenvalue weighted by Crippen LogP contribution is -1.68. The molecule has 108 valence electrons. The van der Waals surface area contributed by atoms with E-state index >= 15 is 0 Å². The highest BCUT2D eigenvalue weighted by atomic mass is 32.3. The highest BCUT2D eigenvalue weighted by Crippen LogP contribution is 2.61. The van der Waals surface area contributed by atoms with Crippen LogP contribution >= 0.6 is 106 Å². The van der Waals surface area contributed by atoms with Crippen molar-refractivity contribution in [3.05, 3.63) is 57.9 Å². The van der Waals surface area contributed by atoms with Crippen LogP contribution in [0.1, 0.15) is 0 Å². The van der Waals surface area contributed by atoms with Gasteiger partial charge in [0.25, 0.3) is 0 Å². The zero-order valence-electron chi connectivity index (χ0n) is 10.1. The van der Waals surface area contributed by atoms with Crippen LogP contribution in [-0.2, 0) is 0 Å². The van der Waals surface area contributed by atoms with E-state index in [0.29, 0.717) is 0 Å². The van der Waals surface area contributed by atoms with Gasteiger partial charge in [0.1, 0.15) is 0 Å². The molecular weight excluding hydrogens is 433 g/mol. The topological polar surface area (TPSA) is 0 Å². The van der Waals surface area contributed by atoms with E-state index in [1.807, 2.05) is 106 Å². The Labute approximate surface area is 162 Å². The summed E-state index contributed by atoms with van der Waals surface area (Å²) in [6.45, 7) is 0. The maximum atomic E-state index is 2.29. The molecule has 9 heteroatoms. The summed E-state index contributed by atoms with van der Waals surface area (Å²) in [5.41, 5.74) is 0. The third-order valence-electron chi connectivity index (χ3n) is 2.26. The fourth-order valence-electron chi connectivity index (χ4n) is 1.46. The van der Waals surface area contributed by atoms with Crippen LogP contribution in [-0.4, -0.2) is 0 Å². The third-order valence-corrected chi connectivity index (χ3v) is 13.8. The summed E-state index contributed by atoms with van der Waals surface area (Å²) >= 11 is 16.8. The van der Waals surface area contributed by atoms with Crippen molar-refractivity contribution in [2.24, 2.45) is 0 Å². The molecular formula is C12H6S9. The third kappa shape index (κ3) is 3.99. The summed E-state index contributed by atoms with van der Waals surface area (Å²) in [5.74, 6) is 0. The van der Waals surface area contributed by atoms with Crippen molar-refractivity contribution in [1.29, 1.82) is 0 Å². The zero-order chi connectivity index (χ0) is 14.1. The minimum Gasteiger partial charge on any atom is -0.0884 e. The van der Waals surface area contributed by atoms with Gasteiger partial charge in [-0.3, -0.25) is 0 Å². The van der Waals surface area contributed by atoms with Crippen molar-refractivity contribution in [2.45, 2.75) is 0 Å². The maximum absolute atomic E-state index is 2.29.